The molecule has 0 aromatic carbocycles. The Morgan fingerprint density at radius 3 is 2.90 bits per heavy atom. The number of hydrogen-bond acceptors (Lipinski definition) is 2. The van der Waals surface area contributed by atoms with Crippen LogP contribution in [0, 0.1) is 5.92 Å². The maximum absolute atomic E-state index is 8.81. The van der Waals surface area contributed by atoms with Gasteiger partial charge in [0.25, 0.3) is 0 Å². The molecule has 0 unspecified atom stereocenters. The molecule has 2 heteroatoms. The highest BCUT2D eigenvalue weighted by Crippen LogP contribution is 2.19. The molecule has 10 heavy (non-hydrogen) atoms. The Labute approximate surface area is 62.2 Å². The minimum atomic E-state index is 0.255. The van der Waals surface area contributed by atoms with Crippen LogP contribution in [0.2, 0.25) is 0 Å². The molecular weight excluding hydrogens is 128 g/mol. The summed E-state index contributed by atoms with van der Waals surface area (Å²) in [5, 5.41) is 8.81. The van der Waals surface area contributed by atoms with Crippen LogP contribution >= 0.6 is 0 Å². The molecule has 1 N–H and O–H groups in total. The van der Waals surface area contributed by atoms with E-state index in [1.165, 1.54) is 12.8 Å². The first-order valence-corrected chi connectivity index (χ1v) is 4.07. The van der Waals surface area contributed by atoms with E-state index in [0.717, 1.165) is 13.0 Å². The first-order valence-electron chi connectivity index (χ1n) is 4.07. The third kappa shape index (κ3) is 1.96. The second kappa shape index (κ2) is 3.94. The van der Waals surface area contributed by atoms with Crippen LogP contribution < -0.4 is 0 Å². The van der Waals surface area contributed by atoms with Gasteiger partial charge in [0.15, 0.2) is 0 Å². The highest BCUT2D eigenvalue weighted by atomic mass is 16.5. The van der Waals surface area contributed by atoms with E-state index in [0.29, 0.717) is 12.0 Å². The van der Waals surface area contributed by atoms with Crippen molar-refractivity contribution in [3.8, 4) is 0 Å². The summed E-state index contributed by atoms with van der Waals surface area (Å²) in [6, 6.07) is 0. The first kappa shape index (κ1) is 8.02. The normalized spacial score (nSPS) is 30.0. The lowest BCUT2D eigenvalue weighted by atomic mass is 9.98. The highest BCUT2D eigenvalue weighted by molar-refractivity contribution is 4.68. The van der Waals surface area contributed by atoms with E-state index in [1.807, 2.05) is 6.92 Å². The van der Waals surface area contributed by atoms with Crippen molar-refractivity contribution in [1.82, 2.24) is 0 Å². The summed E-state index contributed by atoms with van der Waals surface area (Å²) in [4.78, 5) is 0. The predicted octanol–water partition coefficient (Wildman–Crippen LogP) is 1.18. The van der Waals surface area contributed by atoms with E-state index in [2.05, 4.69) is 0 Å². The number of aliphatic hydroxyl groups is 1. The van der Waals surface area contributed by atoms with Crippen molar-refractivity contribution in [2.75, 3.05) is 13.2 Å². The van der Waals surface area contributed by atoms with Gasteiger partial charge < -0.3 is 9.84 Å². The Bertz CT molecular complexity index is 87.3. The molecule has 0 amide bonds. The van der Waals surface area contributed by atoms with Gasteiger partial charge in [0.05, 0.1) is 6.10 Å². The van der Waals surface area contributed by atoms with Gasteiger partial charge in [0, 0.05) is 19.1 Å². The summed E-state index contributed by atoms with van der Waals surface area (Å²) < 4.78 is 5.47. The molecule has 0 aromatic heterocycles. The lowest BCUT2D eigenvalue weighted by molar-refractivity contribution is -0.0298. The van der Waals surface area contributed by atoms with Crippen LogP contribution in [0.3, 0.4) is 0 Å². The van der Waals surface area contributed by atoms with Crippen molar-refractivity contribution < 1.29 is 9.84 Å². The molecule has 0 spiro atoms. The van der Waals surface area contributed by atoms with E-state index in [1.54, 1.807) is 0 Å². The summed E-state index contributed by atoms with van der Waals surface area (Å²) in [5.41, 5.74) is 0. The van der Waals surface area contributed by atoms with E-state index in [-0.39, 0.29) is 6.61 Å². The quantitative estimate of drug-likeness (QED) is 0.630. The van der Waals surface area contributed by atoms with Gasteiger partial charge in [-0.2, -0.15) is 0 Å². The van der Waals surface area contributed by atoms with Gasteiger partial charge >= 0.3 is 0 Å². The number of ether oxygens (including phenoxy) is 1. The van der Waals surface area contributed by atoms with Crippen LogP contribution in [0.5, 0.6) is 0 Å². The average Bonchev–Trinajstić information content (AvgIpc) is 2.05. The summed E-state index contributed by atoms with van der Waals surface area (Å²) in [7, 11) is 0. The number of rotatable bonds is 2. The van der Waals surface area contributed by atoms with Crippen LogP contribution in [0.25, 0.3) is 0 Å². The fraction of sp³-hybridized carbons (Fsp3) is 1.00. The van der Waals surface area contributed by atoms with Gasteiger partial charge in [0.1, 0.15) is 0 Å². The van der Waals surface area contributed by atoms with E-state index < -0.39 is 0 Å². The molecule has 0 saturated carbocycles. The molecule has 1 aliphatic rings. The van der Waals surface area contributed by atoms with Crippen LogP contribution in [0.15, 0.2) is 0 Å². The van der Waals surface area contributed by atoms with E-state index >= 15 is 0 Å². The minimum absolute atomic E-state index is 0.255. The second-order valence-corrected chi connectivity index (χ2v) is 3.06. The summed E-state index contributed by atoms with van der Waals surface area (Å²) >= 11 is 0. The third-order valence-corrected chi connectivity index (χ3v) is 2.14. The molecule has 2 nitrogen and oxygen atoms in total. The molecule has 1 fully saturated rings. The lowest BCUT2D eigenvalue weighted by Gasteiger charge is -2.26. The molecule has 1 rings (SSSR count). The molecule has 0 aliphatic carbocycles. The largest absolute Gasteiger partial charge is 0.396 e. The van der Waals surface area contributed by atoms with Gasteiger partial charge in [-0.3, -0.25) is 0 Å². The maximum atomic E-state index is 8.81. The van der Waals surface area contributed by atoms with Crippen molar-refractivity contribution in [1.29, 1.82) is 0 Å². The number of hydrogen-bond donors (Lipinski definition) is 1. The van der Waals surface area contributed by atoms with Crippen molar-refractivity contribution >= 4 is 0 Å². The second-order valence-electron chi connectivity index (χ2n) is 3.06. The molecule has 1 heterocycles. The Morgan fingerprint density at radius 1 is 1.60 bits per heavy atom. The smallest absolute Gasteiger partial charge is 0.0622 e. The monoisotopic (exact) mass is 144 g/mol. The molecule has 0 radical (unpaired) electrons. The molecule has 60 valence electrons. The summed E-state index contributed by atoms with van der Waals surface area (Å²) in [6.45, 7) is 3.18. The van der Waals surface area contributed by atoms with Crippen molar-refractivity contribution in [3.05, 3.63) is 0 Å². The molecule has 0 bridgehead atoms. The zero-order valence-electron chi connectivity index (χ0n) is 6.55. The fourth-order valence-corrected chi connectivity index (χ4v) is 1.33. The van der Waals surface area contributed by atoms with Crippen molar-refractivity contribution in [2.24, 2.45) is 5.92 Å². The lowest BCUT2D eigenvalue weighted by Crippen LogP contribution is -2.28. The van der Waals surface area contributed by atoms with Crippen LogP contribution in [-0.2, 0) is 4.74 Å². The zero-order chi connectivity index (χ0) is 7.40. The predicted molar refractivity (Wildman–Crippen MR) is 39.8 cm³/mol. The standard InChI is InChI=1S/C8H16O2/c1-7(6-9)8-4-2-3-5-10-8/h7-9H,2-6H2,1H3/t7-,8+/m1/s1. The van der Waals surface area contributed by atoms with Gasteiger partial charge in [0.2, 0.25) is 0 Å². The Balaban J connectivity index is 2.24. The van der Waals surface area contributed by atoms with Gasteiger partial charge in [-0.25, -0.2) is 0 Å². The molecule has 1 saturated heterocycles. The Kier molecular flexibility index (Phi) is 3.16. The van der Waals surface area contributed by atoms with Crippen LogP contribution in [0.4, 0.5) is 0 Å². The van der Waals surface area contributed by atoms with Gasteiger partial charge in [-0.1, -0.05) is 6.92 Å². The van der Waals surface area contributed by atoms with E-state index in [9.17, 15) is 0 Å². The highest BCUT2D eigenvalue weighted by Gasteiger charge is 2.19. The fourth-order valence-electron chi connectivity index (χ4n) is 1.33. The first-order chi connectivity index (χ1) is 4.84. The third-order valence-electron chi connectivity index (χ3n) is 2.14. The maximum Gasteiger partial charge on any atom is 0.0622 e. The summed E-state index contributed by atoms with van der Waals surface area (Å²) in [6.07, 6.45) is 3.89. The van der Waals surface area contributed by atoms with Gasteiger partial charge in [-0.15, -0.1) is 0 Å². The van der Waals surface area contributed by atoms with Crippen molar-refractivity contribution in [3.63, 3.8) is 0 Å². The molecular formula is C8H16O2. The SMILES string of the molecule is C[C@H](CO)[C@@H]1CCCCO1. The summed E-state index contributed by atoms with van der Waals surface area (Å²) in [5.74, 6) is 0.320. The Hall–Kier alpha value is -0.0800. The topological polar surface area (TPSA) is 29.5 Å². The zero-order valence-corrected chi connectivity index (χ0v) is 6.55. The number of aliphatic hydroxyl groups excluding tert-OH is 1. The van der Waals surface area contributed by atoms with Crippen LogP contribution in [-0.4, -0.2) is 24.4 Å². The average molecular weight is 144 g/mol. The minimum Gasteiger partial charge on any atom is -0.396 e. The van der Waals surface area contributed by atoms with Crippen LogP contribution in [0.1, 0.15) is 26.2 Å². The molecule has 0 aromatic rings. The molecule has 1 aliphatic heterocycles. The van der Waals surface area contributed by atoms with E-state index in [4.69, 9.17) is 9.84 Å². The van der Waals surface area contributed by atoms with Crippen molar-refractivity contribution in [2.45, 2.75) is 32.3 Å². The molecule has 2 atom stereocenters. The Morgan fingerprint density at radius 2 is 2.40 bits per heavy atom. The van der Waals surface area contributed by atoms with Gasteiger partial charge in [-0.05, 0) is 19.3 Å².